The minimum absolute atomic E-state index is 0.108. The molecule has 0 aliphatic carbocycles. The summed E-state index contributed by atoms with van der Waals surface area (Å²) in [5.41, 5.74) is 5.41. The van der Waals surface area contributed by atoms with Crippen LogP contribution in [0.5, 0.6) is 5.75 Å². The highest BCUT2D eigenvalue weighted by Crippen LogP contribution is 2.20. The standard InChI is InChI=1S/C6H7NO4S/c7-5-3-1-2-4-6(5)11-12(8,9)10/h1-4H,7H2,(H,8,9,10)/p-1. The summed E-state index contributed by atoms with van der Waals surface area (Å²) < 4.78 is 34.4. The molecule has 0 unspecified atom stereocenters. The van der Waals surface area contributed by atoms with Crippen molar-refractivity contribution in [2.24, 2.45) is 0 Å². The molecule has 0 aliphatic heterocycles. The zero-order valence-electron chi connectivity index (χ0n) is 5.93. The minimum Gasteiger partial charge on any atom is -0.716 e. The van der Waals surface area contributed by atoms with Gasteiger partial charge in [0, 0.05) is 0 Å². The summed E-state index contributed by atoms with van der Waals surface area (Å²) >= 11 is 0. The van der Waals surface area contributed by atoms with Crippen molar-refractivity contribution in [2.75, 3.05) is 5.73 Å². The van der Waals surface area contributed by atoms with Crippen LogP contribution in [0.1, 0.15) is 0 Å². The van der Waals surface area contributed by atoms with Gasteiger partial charge in [0.15, 0.2) is 5.75 Å². The average molecular weight is 188 g/mol. The summed E-state index contributed by atoms with van der Waals surface area (Å²) in [7, 11) is -4.73. The van der Waals surface area contributed by atoms with Gasteiger partial charge in [0.05, 0.1) is 5.69 Å². The molecule has 6 heteroatoms. The number of nitrogen functional groups attached to an aromatic ring is 1. The van der Waals surface area contributed by atoms with Gasteiger partial charge in [-0.25, -0.2) is 8.42 Å². The Balaban J connectivity index is 2.98. The smallest absolute Gasteiger partial charge is 0.262 e. The highest BCUT2D eigenvalue weighted by atomic mass is 32.3. The second-order valence-electron chi connectivity index (χ2n) is 2.03. The summed E-state index contributed by atoms with van der Waals surface area (Å²) in [6, 6.07) is 5.84. The van der Waals surface area contributed by atoms with Crippen molar-refractivity contribution in [2.45, 2.75) is 0 Å². The van der Waals surface area contributed by atoms with E-state index in [1.54, 1.807) is 6.07 Å². The van der Waals surface area contributed by atoms with Gasteiger partial charge in [-0.3, -0.25) is 0 Å². The number of rotatable bonds is 2. The molecule has 0 saturated heterocycles. The van der Waals surface area contributed by atoms with E-state index >= 15 is 0 Å². The Morgan fingerprint density at radius 3 is 2.42 bits per heavy atom. The first-order chi connectivity index (χ1) is 5.49. The molecule has 0 amide bonds. The molecular weight excluding hydrogens is 182 g/mol. The van der Waals surface area contributed by atoms with Crippen molar-refractivity contribution < 1.29 is 17.2 Å². The van der Waals surface area contributed by atoms with E-state index in [0.29, 0.717) is 0 Å². The van der Waals surface area contributed by atoms with Gasteiger partial charge >= 0.3 is 0 Å². The van der Waals surface area contributed by atoms with Gasteiger partial charge in [0.1, 0.15) is 0 Å². The summed E-state index contributed by atoms with van der Waals surface area (Å²) in [5.74, 6) is -0.146. The Labute approximate surface area is 69.7 Å². The molecule has 12 heavy (non-hydrogen) atoms. The van der Waals surface area contributed by atoms with E-state index in [0.717, 1.165) is 0 Å². The van der Waals surface area contributed by atoms with Crippen molar-refractivity contribution in [3.8, 4) is 5.75 Å². The van der Waals surface area contributed by atoms with Gasteiger partial charge in [0.25, 0.3) is 10.4 Å². The molecule has 0 saturated carbocycles. The van der Waals surface area contributed by atoms with Crippen molar-refractivity contribution in [1.82, 2.24) is 0 Å². The summed E-state index contributed by atoms with van der Waals surface area (Å²) in [6.07, 6.45) is 0. The summed E-state index contributed by atoms with van der Waals surface area (Å²) in [6.45, 7) is 0. The lowest BCUT2D eigenvalue weighted by Crippen LogP contribution is -2.08. The van der Waals surface area contributed by atoms with Crippen LogP contribution in [0, 0.1) is 0 Å². The molecule has 0 aromatic heterocycles. The third kappa shape index (κ3) is 2.40. The highest BCUT2D eigenvalue weighted by molar-refractivity contribution is 7.81. The molecule has 1 rings (SSSR count). The fourth-order valence-corrected chi connectivity index (χ4v) is 1.04. The van der Waals surface area contributed by atoms with Gasteiger partial charge in [-0.2, -0.15) is 0 Å². The summed E-state index contributed by atoms with van der Waals surface area (Å²) in [5, 5.41) is 0. The van der Waals surface area contributed by atoms with E-state index in [1.807, 2.05) is 0 Å². The third-order valence-corrected chi connectivity index (χ3v) is 1.49. The van der Waals surface area contributed by atoms with Crippen LogP contribution < -0.4 is 9.92 Å². The van der Waals surface area contributed by atoms with Crippen LogP contribution in [0.4, 0.5) is 5.69 Å². The highest BCUT2D eigenvalue weighted by Gasteiger charge is 2.01. The lowest BCUT2D eigenvalue weighted by molar-refractivity contribution is 0.373. The van der Waals surface area contributed by atoms with E-state index in [4.69, 9.17) is 5.73 Å². The maximum absolute atomic E-state index is 10.1. The van der Waals surface area contributed by atoms with Gasteiger partial charge in [-0.1, -0.05) is 12.1 Å². The van der Waals surface area contributed by atoms with Gasteiger partial charge in [0.2, 0.25) is 0 Å². The monoisotopic (exact) mass is 188 g/mol. The Kier molecular flexibility index (Phi) is 2.20. The quantitative estimate of drug-likeness (QED) is 0.404. The Morgan fingerprint density at radius 2 is 1.92 bits per heavy atom. The molecule has 0 aliphatic rings. The number of para-hydroxylation sites is 2. The van der Waals surface area contributed by atoms with Crippen LogP contribution >= 0.6 is 0 Å². The van der Waals surface area contributed by atoms with Crippen molar-refractivity contribution in [3.63, 3.8) is 0 Å². The van der Waals surface area contributed by atoms with Crippen LogP contribution in [0.3, 0.4) is 0 Å². The minimum atomic E-state index is -4.73. The first-order valence-corrected chi connectivity index (χ1v) is 4.32. The second-order valence-corrected chi connectivity index (χ2v) is 3.01. The summed E-state index contributed by atoms with van der Waals surface area (Å²) in [4.78, 5) is 0. The largest absolute Gasteiger partial charge is 0.716 e. The van der Waals surface area contributed by atoms with Crippen LogP contribution in [-0.4, -0.2) is 13.0 Å². The second kappa shape index (κ2) is 3.00. The molecule has 1 aromatic rings. The van der Waals surface area contributed by atoms with Gasteiger partial charge < -0.3 is 14.5 Å². The van der Waals surface area contributed by atoms with Gasteiger partial charge in [-0.05, 0) is 12.1 Å². The fourth-order valence-electron chi connectivity index (χ4n) is 0.666. The maximum Gasteiger partial charge on any atom is 0.262 e. The SMILES string of the molecule is Nc1ccccc1OS(=O)(=O)[O-]. The number of hydrogen-bond donors (Lipinski definition) is 1. The van der Waals surface area contributed by atoms with Crippen LogP contribution in [-0.2, 0) is 10.4 Å². The topological polar surface area (TPSA) is 92.5 Å². The zero-order chi connectivity index (χ0) is 9.19. The Bertz CT molecular complexity index is 373. The number of hydrogen-bond acceptors (Lipinski definition) is 5. The van der Waals surface area contributed by atoms with Gasteiger partial charge in [-0.15, -0.1) is 0 Å². The van der Waals surface area contributed by atoms with E-state index in [-0.39, 0.29) is 11.4 Å². The molecule has 5 nitrogen and oxygen atoms in total. The van der Waals surface area contributed by atoms with Crippen LogP contribution in [0.25, 0.3) is 0 Å². The van der Waals surface area contributed by atoms with Crippen LogP contribution in [0.2, 0.25) is 0 Å². The molecule has 0 spiro atoms. The van der Waals surface area contributed by atoms with E-state index in [2.05, 4.69) is 4.18 Å². The van der Waals surface area contributed by atoms with Crippen molar-refractivity contribution >= 4 is 16.1 Å². The Hall–Kier alpha value is -1.27. The van der Waals surface area contributed by atoms with E-state index in [1.165, 1.54) is 18.2 Å². The molecule has 0 radical (unpaired) electrons. The third-order valence-electron chi connectivity index (χ3n) is 1.11. The molecule has 0 atom stereocenters. The maximum atomic E-state index is 10.1. The van der Waals surface area contributed by atoms with Crippen molar-refractivity contribution in [3.05, 3.63) is 24.3 Å². The Morgan fingerprint density at radius 1 is 1.33 bits per heavy atom. The molecular formula is C6H6NO4S-. The predicted molar refractivity (Wildman–Crippen MR) is 41.2 cm³/mol. The number of benzene rings is 1. The molecule has 0 fully saturated rings. The molecule has 66 valence electrons. The van der Waals surface area contributed by atoms with Crippen molar-refractivity contribution in [1.29, 1.82) is 0 Å². The predicted octanol–water partition coefficient (Wildman–Crippen LogP) is 0.108. The average Bonchev–Trinajstić information content (AvgIpc) is 1.91. The first-order valence-electron chi connectivity index (χ1n) is 2.99. The zero-order valence-corrected chi connectivity index (χ0v) is 6.74. The first kappa shape index (κ1) is 8.82. The van der Waals surface area contributed by atoms with E-state index < -0.39 is 10.4 Å². The molecule has 1 aromatic carbocycles. The normalized spacial score (nSPS) is 11.1. The number of nitrogens with two attached hydrogens (primary N) is 1. The molecule has 2 N–H and O–H groups in total. The lowest BCUT2D eigenvalue weighted by Gasteiger charge is -2.09. The number of anilines is 1. The van der Waals surface area contributed by atoms with Crippen LogP contribution in [0.15, 0.2) is 24.3 Å². The van der Waals surface area contributed by atoms with E-state index in [9.17, 15) is 13.0 Å². The molecule has 0 heterocycles. The lowest BCUT2D eigenvalue weighted by atomic mass is 10.3. The molecule has 0 bridgehead atoms. The fraction of sp³-hybridized carbons (Fsp3) is 0.